The standard InChI is InChI=1S/C11H11F3S/c12-11(13,14)10-6-4-9(5-7-10)3-1-2-8-15/h1,3-7,15H,2,8H2. The fourth-order valence-electron chi connectivity index (χ4n) is 1.08. The molecular weight excluding hydrogens is 221 g/mol. The summed E-state index contributed by atoms with van der Waals surface area (Å²) in [5.74, 6) is 0.733. The second kappa shape index (κ2) is 5.26. The third-order valence-corrected chi connectivity index (χ3v) is 2.10. The number of hydrogen-bond acceptors (Lipinski definition) is 1. The van der Waals surface area contributed by atoms with Crippen LogP contribution in [0.5, 0.6) is 0 Å². The maximum absolute atomic E-state index is 12.2. The van der Waals surface area contributed by atoms with Crippen molar-refractivity contribution in [1.29, 1.82) is 0 Å². The zero-order chi connectivity index (χ0) is 11.3. The van der Waals surface area contributed by atoms with Crippen LogP contribution in [0.4, 0.5) is 13.2 Å². The van der Waals surface area contributed by atoms with Gasteiger partial charge in [0.2, 0.25) is 0 Å². The molecule has 1 rings (SSSR count). The van der Waals surface area contributed by atoms with Crippen molar-refractivity contribution in [3.8, 4) is 0 Å². The van der Waals surface area contributed by atoms with Gasteiger partial charge in [-0.15, -0.1) is 0 Å². The highest BCUT2D eigenvalue weighted by Crippen LogP contribution is 2.29. The third kappa shape index (κ3) is 4.00. The van der Waals surface area contributed by atoms with Crippen molar-refractivity contribution >= 4 is 18.7 Å². The molecule has 4 heteroatoms. The molecule has 0 radical (unpaired) electrons. The topological polar surface area (TPSA) is 0 Å². The van der Waals surface area contributed by atoms with E-state index in [0.29, 0.717) is 0 Å². The number of hydrogen-bond donors (Lipinski definition) is 1. The number of rotatable bonds is 3. The fraction of sp³-hybridized carbons (Fsp3) is 0.273. The summed E-state index contributed by atoms with van der Waals surface area (Å²) in [7, 11) is 0. The lowest BCUT2D eigenvalue weighted by Crippen LogP contribution is -2.03. The van der Waals surface area contributed by atoms with Crippen molar-refractivity contribution < 1.29 is 13.2 Å². The highest BCUT2D eigenvalue weighted by molar-refractivity contribution is 7.80. The summed E-state index contributed by atoms with van der Waals surface area (Å²) < 4.78 is 36.6. The molecule has 0 saturated heterocycles. The molecule has 15 heavy (non-hydrogen) atoms. The van der Waals surface area contributed by atoms with Gasteiger partial charge in [-0.2, -0.15) is 25.8 Å². The largest absolute Gasteiger partial charge is 0.416 e. The van der Waals surface area contributed by atoms with E-state index >= 15 is 0 Å². The monoisotopic (exact) mass is 232 g/mol. The van der Waals surface area contributed by atoms with Gasteiger partial charge in [0.1, 0.15) is 0 Å². The highest BCUT2D eigenvalue weighted by Gasteiger charge is 2.29. The summed E-state index contributed by atoms with van der Waals surface area (Å²) in [4.78, 5) is 0. The van der Waals surface area contributed by atoms with E-state index in [0.717, 1.165) is 29.9 Å². The second-order valence-electron chi connectivity index (χ2n) is 3.03. The van der Waals surface area contributed by atoms with Crippen LogP contribution in [0.2, 0.25) is 0 Å². The fourth-order valence-corrected chi connectivity index (χ4v) is 1.23. The molecule has 0 unspecified atom stereocenters. The van der Waals surface area contributed by atoms with Crippen molar-refractivity contribution in [2.45, 2.75) is 12.6 Å². The summed E-state index contributed by atoms with van der Waals surface area (Å²) in [6.07, 6.45) is 0.226. The van der Waals surface area contributed by atoms with E-state index in [9.17, 15) is 13.2 Å². The number of alkyl halides is 3. The molecule has 0 heterocycles. The molecule has 0 bridgehead atoms. The van der Waals surface area contributed by atoms with E-state index in [1.807, 2.05) is 6.08 Å². The molecule has 82 valence electrons. The maximum atomic E-state index is 12.2. The van der Waals surface area contributed by atoms with Crippen LogP contribution >= 0.6 is 12.6 Å². The van der Waals surface area contributed by atoms with Crippen molar-refractivity contribution in [3.63, 3.8) is 0 Å². The predicted molar refractivity (Wildman–Crippen MR) is 58.9 cm³/mol. The van der Waals surface area contributed by atoms with Gasteiger partial charge < -0.3 is 0 Å². The van der Waals surface area contributed by atoms with Gasteiger partial charge >= 0.3 is 6.18 Å². The summed E-state index contributed by atoms with van der Waals surface area (Å²) in [5.41, 5.74) is 0.152. The molecule has 0 aliphatic heterocycles. The minimum absolute atomic E-state index is 0.617. The van der Waals surface area contributed by atoms with Crippen LogP contribution in [0.3, 0.4) is 0 Å². The van der Waals surface area contributed by atoms with Crippen LogP contribution < -0.4 is 0 Å². The van der Waals surface area contributed by atoms with Crippen molar-refractivity contribution in [2.75, 3.05) is 5.75 Å². The molecule has 0 N–H and O–H groups in total. The summed E-state index contributed by atoms with van der Waals surface area (Å²) in [5, 5.41) is 0. The molecule has 0 aromatic heterocycles. The van der Waals surface area contributed by atoms with Crippen molar-refractivity contribution in [1.82, 2.24) is 0 Å². The van der Waals surface area contributed by atoms with Gasteiger partial charge in [0, 0.05) is 0 Å². The van der Waals surface area contributed by atoms with Crippen LogP contribution in [-0.4, -0.2) is 5.75 Å². The molecule has 0 atom stereocenters. The van der Waals surface area contributed by atoms with E-state index in [2.05, 4.69) is 12.6 Å². The van der Waals surface area contributed by atoms with E-state index in [4.69, 9.17) is 0 Å². The maximum Gasteiger partial charge on any atom is 0.416 e. The first kappa shape index (κ1) is 12.2. The Morgan fingerprint density at radius 3 is 2.20 bits per heavy atom. The van der Waals surface area contributed by atoms with Crippen LogP contribution in [-0.2, 0) is 6.18 Å². The lowest BCUT2D eigenvalue weighted by atomic mass is 10.1. The number of thiol groups is 1. The lowest BCUT2D eigenvalue weighted by molar-refractivity contribution is -0.137. The Kier molecular flexibility index (Phi) is 4.27. The van der Waals surface area contributed by atoms with Gasteiger partial charge in [-0.1, -0.05) is 24.3 Å². The van der Waals surface area contributed by atoms with Gasteiger partial charge in [0.25, 0.3) is 0 Å². The van der Waals surface area contributed by atoms with E-state index in [-0.39, 0.29) is 0 Å². The van der Waals surface area contributed by atoms with Crippen LogP contribution in [0, 0.1) is 0 Å². The normalized spacial score (nSPS) is 12.3. The minimum Gasteiger partial charge on any atom is -0.179 e. The van der Waals surface area contributed by atoms with Crippen LogP contribution in [0.1, 0.15) is 17.5 Å². The molecule has 1 aromatic rings. The summed E-state index contributed by atoms with van der Waals surface area (Å²) in [6, 6.07) is 5.08. The van der Waals surface area contributed by atoms with Gasteiger partial charge in [0.05, 0.1) is 5.56 Å². The van der Waals surface area contributed by atoms with Crippen LogP contribution in [0.15, 0.2) is 30.3 Å². The average Bonchev–Trinajstić information content (AvgIpc) is 2.18. The Bertz CT molecular complexity index is 325. The SMILES string of the molecule is FC(F)(F)c1ccc(C=CCCS)cc1. The van der Waals surface area contributed by atoms with Crippen molar-refractivity contribution in [3.05, 3.63) is 41.5 Å². The first-order valence-corrected chi connectivity index (χ1v) is 5.12. The Hall–Kier alpha value is -0.900. The molecule has 0 fully saturated rings. The second-order valence-corrected chi connectivity index (χ2v) is 3.48. The Morgan fingerprint density at radius 2 is 1.73 bits per heavy atom. The summed E-state index contributed by atoms with van der Waals surface area (Å²) >= 11 is 4.02. The molecular formula is C11H11F3S. The average molecular weight is 232 g/mol. The predicted octanol–water partition coefficient (Wildman–Crippen LogP) is 4.04. The number of allylic oxidation sites excluding steroid dienone is 1. The first-order chi connectivity index (χ1) is 7.04. The van der Waals surface area contributed by atoms with Gasteiger partial charge in [-0.3, -0.25) is 0 Å². The van der Waals surface area contributed by atoms with E-state index in [1.54, 1.807) is 6.08 Å². The zero-order valence-electron chi connectivity index (χ0n) is 7.96. The number of benzene rings is 1. The molecule has 0 saturated carbocycles. The Labute approximate surface area is 92.2 Å². The quantitative estimate of drug-likeness (QED) is 0.747. The molecule has 0 amide bonds. The van der Waals surface area contributed by atoms with Crippen LogP contribution in [0.25, 0.3) is 6.08 Å². The smallest absolute Gasteiger partial charge is 0.179 e. The Morgan fingerprint density at radius 1 is 1.13 bits per heavy atom. The van der Waals surface area contributed by atoms with Gasteiger partial charge in [-0.05, 0) is 29.9 Å². The molecule has 1 aromatic carbocycles. The highest BCUT2D eigenvalue weighted by atomic mass is 32.1. The summed E-state index contributed by atoms with van der Waals surface area (Å²) in [6.45, 7) is 0. The third-order valence-electron chi connectivity index (χ3n) is 1.84. The minimum atomic E-state index is -4.26. The van der Waals surface area contributed by atoms with Gasteiger partial charge in [-0.25, -0.2) is 0 Å². The van der Waals surface area contributed by atoms with Gasteiger partial charge in [0.15, 0.2) is 0 Å². The first-order valence-electron chi connectivity index (χ1n) is 4.48. The zero-order valence-corrected chi connectivity index (χ0v) is 8.85. The lowest BCUT2D eigenvalue weighted by Gasteiger charge is -2.05. The van der Waals surface area contributed by atoms with E-state index < -0.39 is 11.7 Å². The molecule has 0 spiro atoms. The van der Waals surface area contributed by atoms with E-state index in [1.165, 1.54) is 12.1 Å². The molecule has 0 aliphatic rings. The molecule has 0 aliphatic carbocycles. The number of halogens is 3. The van der Waals surface area contributed by atoms with Crippen molar-refractivity contribution in [2.24, 2.45) is 0 Å². The molecule has 0 nitrogen and oxygen atoms in total. The Balaban J connectivity index is 2.73.